The summed E-state index contributed by atoms with van der Waals surface area (Å²) in [5.74, 6) is -1.23. The van der Waals surface area contributed by atoms with Crippen molar-refractivity contribution in [2.24, 2.45) is 11.8 Å². The summed E-state index contributed by atoms with van der Waals surface area (Å²) >= 11 is 0. The van der Waals surface area contributed by atoms with Crippen LogP contribution in [0.15, 0.2) is 48.5 Å². The van der Waals surface area contributed by atoms with Gasteiger partial charge in [-0.25, -0.2) is 9.59 Å². The predicted molar refractivity (Wildman–Crippen MR) is 132 cm³/mol. The lowest BCUT2D eigenvalue weighted by Gasteiger charge is -2.20. The van der Waals surface area contributed by atoms with E-state index in [9.17, 15) is 14.4 Å². The summed E-state index contributed by atoms with van der Waals surface area (Å²) in [6.45, 7) is 4.49. The van der Waals surface area contributed by atoms with E-state index >= 15 is 0 Å². The number of rotatable bonds is 12. The lowest BCUT2D eigenvalue weighted by Crippen LogP contribution is -2.39. The molecule has 2 amide bonds. The van der Waals surface area contributed by atoms with Gasteiger partial charge in [0.2, 0.25) is 5.91 Å². The fraction of sp³-hybridized carbons (Fsp3) is 0.444. The highest BCUT2D eigenvalue weighted by Gasteiger charge is 2.29. The van der Waals surface area contributed by atoms with Crippen molar-refractivity contribution in [3.05, 3.63) is 59.7 Å². The van der Waals surface area contributed by atoms with Gasteiger partial charge in [-0.1, -0.05) is 62.4 Å². The zero-order chi connectivity index (χ0) is 25.4. The molecule has 0 heterocycles. The maximum atomic E-state index is 12.5. The maximum Gasteiger partial charge on any atom is 0.407 e. The summed E-state index contributed by atoms with van der Waals surface area (Å²) in [7, 11) is 1.28. The average molecular weight is 483 g/mol. The quantitative estimate of drug-likeness (QED) is 0.424. The zero-order valence-electron chi connectivity index (χ0n) is 20.5. The highest BCUT2D eigenvalue weighted by atomic mass is 16.5. The lowest BCUT2D eigenvalue weighted by molar-refractivity contribution is -0.148. The smallest absolute Gasteiger partial charge is 0.407 e. The summed E-state index contributed by atoms with van der Waals surface area (Å²) < 4.78 is 10.4. The third-order valence-corrected chi connectivity index (χ3v) is 6.20. The van der Waals surface area contributed by atoms with E-state index in [4.69, 9.17) is 14.6 Å². The molecule has 2 aromatic carbocycles. The summed E-state index contributed by atoms with van der Waals surface area (Å²) in [6.07, 6.45) is -0.727. The summed E-state index contributed by atoms with van der Waals surface area (Å²) in [6, 6.07) is 16.3. The summed E-state index contributed by atoms with van der Waals surface area (Å²) in [5, 5.41) is 14.4. The number of hydrogen-bond donors (Lipinski definition) is 3. The highest BCUT2D eigenvalue weighted by molar-refractivity contribution is 5.79. The second-order valence-corrected chi connectivity index (χ2v) is 9.27. The molecule has 0 aliphatic heterocycles. The van der Waals surface area contributed by atoms with E-state index in [0.717, 1.165) is 17.5 Å². The van der Waals surface area contributed by atoms with Crippen molar-refractivity contribution < 1.29 is 29.0 Å². The van der Waals surface area contributed by atoms with Crippen molar-refractivity contribution in [1.29, 1.82) is 0 Å². The first-order chi connectivity index (χ1) is 16.8. The van der Waals surface area contributed by atoms with Crippen LogP contribution in [-0.4, -0.2) is 56.0 Å². The number of methoxy groups -OCH3 is 1. The number of carbonyl (C=O) groups is 3. The van der Waals surface area contributed by atoms with Crippen LogP contribution in [0.1, 0.15) is 43.7 Å². The largest absolute Gasteiger partial charge is 0.479 e. The molecule has 1 unspecified atom stereocenters. The van der Waals surface area contributed by atoms with Gasteiger partial charge in [0.1, 0.15) is 6.61 Å². The van der Waals surface area contributed by atoms with Gasteiger partial charge < -0.3 is 25.2 Å². The molecule has 3 rings (SSSR count). The number of carboxylic acid groups (broad SMARTS) is 1. The van der Waals surface area contributed by atoms with Crippen LogP contribution in [-0.2, 0) is 19.1 Å². The Balaban J connectivity index is 1.52. The van der Waals surface area contributed by atoms with Crippen LogP contribution in [0.2, 0.25) is 0 Å². The molecule has 0 bridgehead atoms. The minimum Gasteiger partial charge on any atom is -0.479 e. The number of ether oxygens (including phenoxy) is 2. The van der Waals surface area contributed by atoms with Crippen LogP contribution in [0.3, 0.4) is 0 Å². The molecular weight excluding hydrogens is 448 g/mol. The first-order valence-corrected chi connectivity index (χ1v) is 11.9. The zero-order valence-corrected chi connectivity index (χ0v) is 20.5. The van der Waals surface area contributed by atoms with E-state index < -0.39 is 18.2 Å². The number of alkyl carbamates (subject to hydrolysis) is 1. The van der Waals surface area contributed by atoms with Gasteiger partial charge in [0.05, 0.1) is 6.54 Å². The third kappa shape index (κ3) is 7.05. The van der Waals surface area contributed by atoms with Crippen molar-refractivity contribution >= 4 is 18.0 Å². The normalized spacial score (nSPS) is 14.1. The van der Waals surface area contributed by atoms with Crippen molar-refractivity contribution in [2.75, 3.05) is 26.8 Å². The molecule has 1 aliphatic carbocycles. The Labute approximate surface area is 206 Å². The monoisotopic (exact) mass is 482 g/mol. The van der Waals surface area contributed by atoms with Gasteiger partial charge in [0.15, 0.2) is 6.10 Å². The van der Waals surface area contributed by atoms with Crippen molar-refractivity contribution in [3.8, 4) is 11.1 Å². The number of carbonyl (C=O) groups excluding carboxylic acids is 2. The van der Waals surface area contributed by atoms with Gasteiger partial charge in [0.25, 0.3) is 0 Å². The van der Waals surface area contributed by atoms with Gasteiger partial charge in [-0.15, -0.1) is 0 Å². The summed E-state index contributed by atoms with van der Waals surface area (Å²) in [5.41, 5.74) is 4.62. The minimum atomic E-state index is -1.14. The molecule has 0 fully saturated rings. The molecule has 1 aliphatic rings. The number of carboxylic acids is 1. The highest BCUT2D eigenvalue weighted by Crippen LogP contribution is 2.44. The van der Waals surface area contributed by atoms with Crippen molar-refractivity contribution in [3.63, 3.8) is 0 Å². The number of hydrogen-bond acceptors (Lipinski definition) is 5. The van der Waals surface area contributed by atoms with Crippen LogP contribution in [0.25, 0.3) is 11.1 Å². The first-order valence-electron chi connectivity index (χ1n) is 11.9. The van der Waals surface area contributed by atoms with E-state index in [1.165, 1.54) is 18.2 Å². The van der Waals surface area contributed by atoms with E-state index in [1.807, 2.05) is 38.1 Å². The van der Waals surface area contributed by atoms with E-state index in [1.54, 1.807) is 0 Å². The van der Waals surface area contributed by atoms with Crippen LogP contribution >= 0.6 is 0 Å². The van der Waals surface area contributed by atoms with Gasteiger partial charge in [-0.05, 0) is 40.5 Å². The molecule has 0 radical (unpaired) electrons. The van der Waals surface area contributed by atoms with Gasteiger partial charge in [-0.2, -0.15) is 0 Å². The SMILES string of the molecule is COC(CNC(=O)C[C@@H](CNC(=O)OCC1c2ccccc2-c2ccccc21)CC(C)C)C(=O)O. The number of aliphatic carboxylic acids is 1. The Hall–Kier alpha value is -3.39. The topological polar surface area (TPSA) is 114 Å². The minimum absolute atomic E-state index is 0.0200. The molecule has 0 saturated heterocycles. The standard InChI is InChI=1S/C27H34N2O6/c1-17(2)12-18(13-25(30)28-15-24(34-3)26(31)32)14-29-27(33)35-16-23-21-10-6-4-8-19(21)20-9-5-7-11-22(20)23/h4-11,17-18,23-24H,12-16H2,1-3H3,(H,28,30)(H,29,33)(H,31,32)/t18-,24?/m0/s1. The Morgan fingerprint density at radius 2 is 1.54 bits per heavy atom. The van der Waals surface area contributed by atoms with E-state index in [2.05, 4.69) is 34.9 Å². The Morgan fingerprint density at radius 3 is 2.09 bits per heavy atom. The fourth-order valence-corrected chi connectivity index (χ4v) is 4.59. The van der Waals surface area contributed by atoms with E-state index in [-0.39, 0.29) is 43.9 Å². The third-order valence-electron chi connectivity index (χ3n) is 6.20. The predicted octanol–water partition coefficient (Wildman–Crippen LogP) is 3.79. The number of nitrogens with one attached hydrogen (secondary N) is 2. The molecule has 188 valence electrons. The molecular formula is C27H34N2O6. The Kier molecular flexibility index (Phi) is 9.25. The Morgan fingerprint density at radius 1 is 0.943 bits per heavy atom. The second kappa shape index (κ2) is 12.4. The molecule has 2 atom stereocenters. The van der Waals surface area contributed by atoms with Crippen LogP contribution in [0, 0.1) is 11.8 Å². The van der Waals surface area contributed by atoms with Gasteiger partial charge in [-0.3, -0.25) is 4.79 Å². The molecule has 8 nitrogen and oxygen atoms in total. The van der Waals surface area contributed by atoms with Gasteiger partial charge in [0, 0.05) is 26.0 Å². The van der Waals surface area contributed by atoms with Crippen molar-refractivity contribution in [1.82, 2.24) is 10.6 Å². The van der Waals surface area contributed by atoms with Gasteiger partial charge >= 0.3 is 12.1 Å². The van der Waals surface area contributed by atoms with Crippen molar-refractivity contribution in [2.45, 2.75) is 38.7 Å². The molecule has 2 aromatic rings. The van der Waals surface area contributed by atoms with E-state index in [0.29, 0.717) is 5.92 Å². The maximum absolute atomic E-state index is 12.5. The fourth-order valence-electron chi connectivity index (χ4n) is 4.59. The number of fused-ring (bicyclic) bond motifs is 3. The van der Waals surface area contributed by atoms with Crippen LogP contribution < -0.4 is 10.6 Å². The average Bonchev–Trinajstić information content (AvgIpc) is 3.15. The van der Waals surface area contributed by atoms with Crippen LogP contribution in [0.4, 0.5) is 4.79 Å². The molecule has 0 spiro atoms. The number of amides is 2. The molecule has 0 aromatic heterocycles. The summed E-state index contributed by atoms with van der Waals surface area (Å²) in [4.78, 5) is 35.9. The lowest BCUT2D eigenvalue weighted by atomic mass is 9.93. The second-order valence-electron chi connectivity index (χ2n) is 9.27. The molecule has 8 heteroatoms. The Bertz CT molecular complexity index is 992. The molecule has 3 N–H and O–H groups in total. The number of benzene rings is 2. The molecule has 35 heavy (non-hydrogen) atoms. The van der Waals surface area contributed by atoms with Crippen LogP contribution in [0.5, 0.6) is 0 Å². The first kappa shape index (κ1) is 26.2. The molecule has 0 saturated carbocycles.